The molecular weight excluding hydrogens is 356 g/mol. The van der Waals surface area contributed by atoms with Gasteiger partial charge in [0.15, 0.2) is 5.65 Å². The Morgan fingerprint density at radius 3 is 2.54 bits per heavy atom. The van der Waals surface area contributed by atoms with Crippen LogP contribution in [0.4, 0.5) is 0 Å². The minimum atomic E-state index is -1.18. The zero-order valence-corrected chi connectivity index (χ0v) is 15.8. The molecule has 9 heteroatoms. The van der Waals surface area contributed by atoms with Crippen molar-refractivity contribution in [3.8, 4) is 0 Å². The highest BCUT2D eigenvalue weighted by Crippen LogP contribution is 2.40. The summed E-state index contributed by atoms with van der Waals surface area (Å²) in [5.41, 5.74) is -0.730. The molecular formula is C17H21N4O4S-. The smallest absolute Gasteiger partial charge is 0.332 e. The third-order valence-corrected chi connectivity index (χ3v) is 5.79. The summed E-state index contributed by atoms with van der Waals surface area (Å²) in [6, 6.07) is 0. The van der Waals surface area contributed by atoms with Crippen LogP contribution in [0.1, 0.15) is 50.8 Å². The van der Waals surface area contributed by atoms with Crippen molar-refractivity contribution in [1.29, 1.82) is 0 Å². The van der Waals surface area contributed by atoms with Crippen LogP contribution in [-0.4, -0.2) is 30.3 Å². The molecule has 0 saturated heterocycles. The van der Waals surface area contributed by atoms with E-state index < -0.39 is 22.5 Å². The molecule has 0 bridgehead atoms. The molecule has 26 heavy (non-hydrogen) atoms. The van der Waals surface area contributed by atoms with Gasteiger partial charge in [-0.3, -0.25) is 13.9 Å². The maximum absolute atomic E-state index is 12.7. The first-order chi connectivity index (χ1) is 12.3. The second kappa shape index (κ2) is 7.22. The van der Waals surface area contributed by atoms with Gasteiger partial charge in [0.05, 0.1) is 11.2 Å². The monoisotopic (exact) mass is 377 g/mol. The molecule has 1 atom stereocenters. The van der Waals surface area contributed by atoms with Crippen molar-refractivity contribution in [2.24, 2.45) is 14.1 Å². The zero-order valence-electron chi connectivity index (χ0n) is 15.0. The number of fused-ring (bicyclic) bond motifs is 1. The van der Waals surface area contributed by atoms with Crippen molar-refractivity contribution >= 4 is 28.8 Å². The number of carbonyl (C=O) groups is 1. The molecule has 1 fully saturated rings. The zero-order chi connectivity index (χ0) is 19.0. The molecule has 0 aliphatic heterocycles. The summed E-state index contributed by atoms with van der Waals surface area (Å²) in [5.74, 6) is -0.407. The first-order valence-corrected chi connectivity index (χ1v) is 9.58. The SMILES string of the molecule is CCCC[C@H](Sc1nc(C2CC2)nc2c1c(=O)n(C)c(=O)n2C)C(=O)[O-]. The standard InChI is InChI=1S/C17H22N4O4S/c1-4-5-6-10(16(23)24)26-14-11-13(18-12(19-14)9-7-8-9)20(2)17(25)21(3)15(11)22/h9-10H,4-8H2,1-3H3,(H,23,24)/p-1/t10-/m0/s1. The fourth-order valence-electron chi connectivity index (χ4n) is 2.80. The summed E-state index contributed by atoms with van der Waals surface area (Å²) in [5, 5.41) is 11.2. The number of hydrogen-bond donors (Lipinski definition) is 0. The van der Waals surface area contributed by atoms with Gasteiger partial charge in [0, 0.05) is 20.0 Å². The second-order valence-electron chi connectivity index (χ2n) is 6.63. The molecule has 0 amide bonds. The van der Waals surface area contributed by atoms with Gasteiger partial charge in [-0.15, -0.1) is 0 Å². The Hall–Kier alpha value is -2.16. The molecule has 2 heterocycles. The molecule has 0 N–H and O–H groups in total. The number of aliphatic carboxylic acids is 1. The van der Waals surface area contributed by atoms with Gasteiger partial charge in [0.1, 0.15) is 16.2 Å². The maximum atomic E-state index is 12.7. The van der Waals surface area contributed by atoms with E-state index in [2.05, 4.69) is 9.97 Å². The van der Waals surface area contributed by atoms with E-state index >= 15 is 0 Å². The molecule has 1 aliphatic carbocycles. The van der Waals surface area contributed by atoms with E-state index in [1.165, 1.54) is 11.6 Å². The van der Waals surface area contributed by atoms with E-state index in [0.717, 1.165) is 42.0 Å². The predicted octanol–water partition coefficient (Wildman–Crippen LogP) is 0.305. The highest BCUT2D eigenvalue weighted by molar-refractivity contribution is 8.00. The Labute approximate surface area is 154 Å². The summed E-state index contributed by atoms with van der Waals surface area (Å²) in [6.07, 6.45) is 3.93. The fraction of sp³-hybridized carbons (Fsp3) is 0.588. The molecule has 0 unspecified atom stereocenters. The van der Waals surface area contributed by atoms with E-state index in [0.29, 0.717) is 17.3 Å². The number of thioether (sulfide) groups is 1. The molecule has 3 rings (SSSR count). The van der Waals surface area contributed by atoms with E-state index in [1.54, 1.807) is 7.05 Å². The van der Waals surface area contributed by atoms with Crippen LogP contribution < -0.4 is 16.4 Å². The predicted molar refractivity (Wildman–Crippen MR) is 96.2 cm³/mol. The Morgan fingerprint density at radius 1 is 1.27 bits per heavy atom. The number of carboxylic acids is 1. The lowest BCUT2D eigenvalue weighted by Gasteiger charge is -2.18. The van der Waals surface area contributed by atoms with Crippen LogP contribution in [0, 0.1) is 0 Å². The Morgan fingerprint density at radius 2 is 1.96 bits per heavy atom. The minimum Gasteiger partial charge on any atom is -0.549 e. The summed E-state index contributed by atoms with van der Waals surface area (Å²) >= 11 is 1.02. The lowest BCUT2D eigenvalue weighted by atomic mass is 10.2. The molecule has 2 aromatic rings. The third kappa shape index (κ3) is 3.40. The van der Waals surface area contributed by atoms with Crippen LogP contribution in [0.3, 0.4) is 0 Å². The normalized spacial score (nSPS) is 15.3. The number of nitrogens with zero attached hydrogens (tertiary/aromatic N) is 4. The average Bonchev–Trinajstić information content (AvgIpc) is 3.45. The number of unbranched alkanes of at least 4 members (excludes halogenated alkanes) is 1. The van der Waals surface area contributed by atoms with Crippen molar-refractivity contribution in [2.45, 2.75) is 55.2 Å². The maximum Gasteiger partial charge on any atom is 0.332 e. The van der Waals surface area contributed by atoms with Gasteiger partial charge in [-0.05, 0) is 19.3 Å². The highest BCUT2D eigenvalue weighted by atomic mass is 32.2. The van der Waals surface area contributed by atoms with Gasteiger partial charge in [-0.2, -0.15) is 0 Å². The molecule has 0 aromatic carbocycles. The second-order valence-corrected chi connectivity index (χ2v) is 7.82. The Balaban J connectivity index is 2.20. The average molecular weight is 377 g/mol. The lowest BCUT2D eigenvalue weighted by molar-refractivity contribution is -0.304. The van der Waals surface area contributed by atoms with E-state index in [-0.39, 0.29) is 17.0 Å². The van der Waals surface area contributed by atoms with Crippen LogP contribution in [-0.2, 0) is 18.9 Å². The van der Waals surface area contributed by atoms with Crippen LogP contribution in [0.5, 0.6) is 0 Å². The van der Waals surface area contributed by atoms with Gasteiger partial charge in [0.25, 0.3) is 5.56 Å². The van der Waals surface area contributed by atoms with Gasteiger partial charge in [0.2, 0.25) is 0 Å². The molecule has 1 aliphatic rings. The highest BCUT2D eigenvalue weighted by Gasteiger charge is 2.29. The van der Waals surface area contributed by atoms with Crippen molar-refractivity contribution in [2.75, 3.05) is 0 Å². The third-order valence-electron chi connectivity index (χ3n) is 4.56. The lowest BCUT2D eigenvalue weighted by Crippen LogP contribution is -2.38. The van der Waals surface area contributed by atoms with Crippen molar-refractivity contribution in [1.82, 2.24) is 19.1 Å². The van der Waals surface area contributed by atoms with Gasteiger partial charge >= 0.3 is 5.69 Å². The Bertz CT molecular complexity index is 977. The van der Waals surface area contributed by atoms with E-state index in [1.807, 2.05) is 6.92 Å². The Kier molecular flexibility index (Phi) is 5.17. The molecule has 0 radical (unpaired) electrons. The first-order valence-electron chi connectivity index (χ1n) is 8.70. The molecule has 140 valence electrons. The minimum absolute atomic E-state index is 0.187. The van der Waals surface area contributed by atoms with Crippen LogP contribution in [0.2, 0.25) is 0 Å². The summed E-state index contributed by atoms with van der Waals surface area (Å²) in [6.45, 7) is 1.98. The van der Waals surface area contributed by atoms with Crippen molar-refractivity contribution in [3.05, 3.63) is 26.7 Å². The molecule has 2 aromatic heterocycles. The largest absolute Gasteiger partial charge is 0.549 e. The topological polar surface area (TPSA) is 110 Å². The van der Waals surface area contributed by atoms with Crippen LogP contribution >= 0.6 is 11.8 Å². The summed E-state index contributed by atoms with van der Waals surface area (Å²) < 4.78 is 2.31. The van der Waals surface area contributed by atoms with Gasteiger partial charge in [-0.25, -0.2) is 14.8 Å². The summed E-state index contributed by atoms with van der Waals surface area (Å²) in [7, 11) is 2.94. The van der Waals surface area contributed by atoms with Gasteiger partial charge in [-0.1, -0.05) is 31.5 Å². The number of aromatic nitrogens is 4. The number of hydrogen-bond acceptors (Lipinski definition) is 7. The van der Waals surface area contributed by atoms with Crippen LogP contribution in [0.25, 0.3) is 11.0 Å². The number of rotatable bonds is 7. The number of carbonyl (C=O) groups excluding carboxylic acids is 1. The van der Waals surface area contributed by atoms with Crippen molar-refractivity contribution < 1.29 is 9.90 Å². The van der Waals surface area contributed by atoms with E-state index in [4.69, 9.17) is 0 Å². The summed E-state index contributed by atoms with van der Waals surface area (Å²) in [4.78, 5) is 45.4. The fourth-order valence-corrected chi connectivity index (χ4v) is 3.90. The van der Waals surface area contributed by atoms with Gasteiger partial charge < -0.3 is 9.90 Å². The van der Waals surface area contributed by atoms with Crippen molar-refractivity contribution in [3.63, 3.8) is 0 Å². The molecule has 1 saturated carbocycles. The molecule has 0 spiro atoms. The first kappa shape index (κ1) is 18.6. The van der Waals surface area contributed by atoms with E-state index in [9.17, 15) is 19.5 Å². The molecule has 8 nitrogen and oxygen atoms in total. The van der Waals surface area contributed by atoms with Crippen LogP contribution in [0.15, 0.2) is 14.6 Å². The quantitative estimate of drug-likeness (QED) is 0.504. The number of aryl methyl sites for hydroxylation is 1. The number of carboxylic acid groups (broad SMARTS) is 1.